The third-order valence-electron chi connectivity index (χ3n) is 3.25. The van der Waals surface area contributed by atoms with Crippen LogP contribution in [0.25, 0.3) is 0 Å². The van der Waals surface area contributed by atoms with E-state index >= 15 is 0 Å². The predicted molar refractivity (Wildman–Crippen MR) is 82.7 cm³/mol. The molecule has 1 amide bonds. The lowest BCUT2D eigenvalue weighted by atomic mass is 10.1. The van der Waals surface area contributed by atoms with Gasteiger partial charge in [-0.25, -0.2) is 13.1 Å². The van der Waals surface area contributed by atoms with Crippen molar-refractivity contribution in [2.45, 2.75) is 24.8 Å². The number of carbonyl (C=O) groups is 1. The molecule has 1 aromatic carbocycles. The Morgan fingerprint density at radius 3 is 2.59 bits per heavy atom. The molecule has 116 valence electrons. The quantitative estimate of drug-likeness (QED) is 0.872. The Balaban J connectivity index is 2.31. The van der Waals surface area contributed by atoms with Crippen molar-refractivity contribution in [3.05, 3.63) is 59.4 Å². The molecule has 0 aliphatic heterocycles. The van der Waals surface area contributed by atoms with Gasteiger partial charge in [0.1, 0.15) is 0 Å². The molecular weight excluding hydrogens is 302 g/mol. The van der Waals surface area contributed by atoms with Crippen molar-refractivity contribution < 1.29 is 13.2 Å². The van der Waals surface area contributed by atoms with Crippen LogP contribution < -0.4 is 10.5 Å². The molecule has 0 bridgehead atoms. The van der Waals surface area contributed by atoms with Gasteiger partial charge in [-0.15, -0.1) is 0 Å². The zero-order valence-corrected chi connectivity index (χ0v) is 13.1. The number of amides is 1. The number of nitrogens with two attached hydrogens (primary N) is 1. The number of nitrogens with zero attached hydrogens (tertiary/aromatic N) is 1. The summed E-state index contributed by atoms with van der Waals surface area (Å²) in [5.74, 6) is -0.660. The average molecular weight is 319 g/mol. The fraction of sp³-hybridized carbons (Fsp3) is 0.200. The number of aryl methyl sites for hydroxylation is 1. The van der Waals surface area contributed by atoms with Gasteiger partial charge in [-0.3, -0.25) is 9.78 Å². The standard InChI is InChI=1S/C15H17N3O3S/c1-10-6-7-12(9-13(10)15(16)19)22(20,21)18-11(2)14-5-3-4-8-17-14/h3-9,11,18H,1-2H3,(H2,16,19)/t11-/m1/s1. The monoisotopic (exact) mass is 319 g/mol. The maximum atomic E-state index is 12.4. The van der Waals surface area contributed by atoms with E-state index in [-0.39, 0.29) is 10.5 Å². The van der Waals surface area contributed by atoms with Gasteiger partial charge in [0.05, 0.1) is 16.6 Å². The predicted octanol–water partition coefficient (Wildman–Crippen LogP) is 1.53. The fourth-order valence-corrected chi connectivity index (χ4v) is 3.27. The van der Waals surface area contributed by atoms with Crippen molar-refractivity contribution >= 4 is 15.9 Å². The molecule has 0 spiro atoms. The summed E-state index contributed by atoms with van der Waals surface area (Å²) in [4.78, 5) is 15.5. The highest BCUT2D eigenvalue weighted by Gasteiger charge is 2.20. The Kier molecular flexibility index (Phi) is 4.58. The lowest BCUT2D eigenvalue weighted by Gasteiger charge is -2.14. The van der Waals surface area contributed by atoms with Crippen molar-refractivity contribution in [2.24, 2.45) is 5.73 Å². The van der Waals surface area contributed by atoms with Crippen LogP contribution in [0.3, 0.4) is 0 Å². The van der Waals surface area contributed by atoms with Crippen LogP contribution in [0.4, 0.5) is 0 Å². The van der Waals surface area contributed by atoms with E-state index in [0.29, 0.717) is 11.3 Å². The Morgan fingerprint density at radius 1 is 1.27 bits per heavy atom. The van der Waals surface area contributed by atoms with Crippen LogP contribution in [0.15, 0.2) is 47.5 Å². The number of hydrogen-bond donors (Lipinski definition) is 2. The minimum Gasteiger partial charge on any atom is -0.366 e. The highest BCUT2D eigenvalue weighted by molar-refractivity contribution is 7.89. The van der Waals surface area contributed by atoms with Gasteiger partial charge in [-0.2, -0.15) is 0 Å². The highest BCUT2D eigenvalue weighted by atomic mass is 32.2. The Bertz CT molecular complexity index is 789. The normalized spacial score (nSPS) is 12.8. The number of rotatable bonds is 5. The van der Waals surface area contributed by atoms with Gasteiger partial charge in [0.15, 0.2) is 0 Å². The van der Waals surface area contributed by atoms with E-state index in [1.165, 1.54) is 12.1 Å². The Labute approximate surface area is 129 Å². The molecule has 22 heavy (non-hydrogen) atoms. The number of benzene rings is 1. The SMILES string of the molecule is Cc1ccc(S(=O)(=O)N[C@H](C)c2ccccn2)cc1C(N)=O. The summed E-state index contributed by atoms with van der Waals surface area (Å²) < 4.78 is 27.4. The Morgan fingerprint density at radius 2 is 2.00 bits per heavy atom. The molecule has 0 aliphatic rings. The fourth-order valence-electron chi connectivity index (χ4n) is 2.03. The minimum atomic E-state index is -3.78. The number of carbonyl (C=O) groups excluding carboxylic acids is 1. The first-order chi connectivity index (χ1) is 10.3. The highest BCUT2D eigenvalue weighted by Crippen LogP contribution is 2.18. The first kappa shape index (κ1) is 16.1. The molecule has 0 unspecified atom stereocenters. The van der Waals surface area contributed by atoms with Crippen LogP contribution in [0.5, 0.6) is 0 Å². The second-order valence-electron chi connectivity index (χ2n) is 4.94. The van der Waals surface area contributed by atoms with Gasteiger partial charge >= 0.3 is 0 Å². The summed E-state index contributed by atoms with van der Waals surface area (Å²) in [6, 6.07) is 9.05. The largest absolute Gasteiger partial charge is 0.366 e. The van der Waals surface area contributed by atoms with E-state index in [2.05, 4.69) is 9.71 Å². The molecule has 0 saturated carbocycles. The maximum Gasteiger partial charge on any atom is 0.249 e. The number of primary amides is 1. The zero-order valence-electron chi connectivity index (χ0n) is 12.3. The first-order valence-electron chi connectivity index (χ1n) is 6.65. The van der Waals surface area contributed by atoms with E-state index < -0.39 is 22.0 Å². The van der Waals surface area contributed by atoms with Crippen LogP contribution in [-0.4, -0.2) is 19.3 Å². The van der Waals surface area contributed by atoms with Gasteiger partial charge in [-0.1, -0.05) is 12.1 Å². The summed E-state index contributed by atoms with van der Waals surface area (Å²) in [6.45, 7) is 3.39. The maximum absolute atomic E-state index is 12.4. The molecule has 1 aromatic heterocycles. The summed E-state index contributed by atoms with van der Waals surface area (Å²) in [5.41, 5.74) is 6.68. The van der Waals surface area contributed by atoms with Crippen LogP contribution >= 0.6 is 0 Å². The number of nitrogens with one attached hydrogen (secondary N) is 1. The summed E-state index contributed by atoms with van der Waals surface area (Å²) in [6.07, 6.45) is 1.59. The van der Waals surface area contributed by atoms with Gasteiger partial charge in [0.25, 0.3) is 0 Å². The lowest BCUT2D eigenvalue weighted by Crippen LogP contribution is -2.28. The summed E-state index contributed by atoms with van der Waals surface area (Å²) >= 11 is 0. The molecule has 0 fully saturated rings. The summed E-state index contributed by atoms with van der Waals surface area (Å²) in [7, 11) is -3.78. The van der Waals surface area contributed by atoms with E-state index in [0.717, 1.165) is 0 Å². The molecule has 6 nitrogen and oxygen atoms in total. The minimum absolute atomic E-state index is 0.00492. The molecule has 1 heterocycles. The van der Waals surface area contributed by atoms with Crippen LogP contribution in [-0.2, 0) is 10.0 Å². The number of hydrogen-bond acceptors (Lipinski definition) is 4. The van der Waals surface area contributed by atoms with Crippen molar-refractivity contribution in [2.75, 3.05) is 0 Å². The third-order valence-corrected chi connectivity index (χ3v) is 4.79. The van der Waals surface area contributed by atoms with Crippen molar-refractivity contribution in [1.82, 2.24) is 9.71 Å². The molecule has 2 rings (SSSR count). The lowest BCUT2D eigenvalue weighted by molar-refractivity contribution is 0.0999. The second kappa shape index (κ2) is 6.25. The average Bonchev–Trinajstić information content (AvgIpc) is 2.47. The summed E-state index contributed by atoms with van der Waals surface area (Å²) in [5, 5.41) is 0. The molecule has 3 N–H and O–H groups in total. The number of sulfonamides is 1. The second-order valence-corrected chi connectivity index (χ2v) is 6.65. The smallest absolute Gasteiger partial charge is 0.249 e. The van der Waals surface area contributed by atoms with Gasteiger partial charge in [0.2, 0.25) is 15.9 Å². The first-order valence-corrected chi connectivity index (χ1v) is 8.13. The molecule has 0 aliphatic carbocycles. The van der Waals surface area contributed by atoms with Gasteiger partial charge in [-0.05, 0) is 43.7 Å². The third kappa shape index (κ3) is 3.49. The van der Waals surface area contributed by atoms with Crippen molar-refractivity contribution in [1.29, 1.82) is 0 Å². The van der Waals surface area contributed by atoms with Gasteiger partial charge < -0.3 is 5.73 Å². The van der Waals surface area contributed by atoms with Crippen LogP contribution in [0, 0.1) is 6.92 Å². The van der Waals surface area contributed by atoms with E-state index in [1.54, 1.807) is 44.3 Å². The van der Waals surface area contributed by atoms with Gasteiger partial charge in [0, 0.05) is 11.8 Å². The zero-order chi connectivity index (χ0) is 16.3. The molecule has 7 heteroatoms. The van der Waals surface area contributed by atoms with Crippen molar-refractivity contribution in [3.63, 3.8) is 0 Å². The molecule has 2 aromatic rings. The van der Waals surface area contributed by atoms with E-state index in [1.807, 2.05) is 0 Å². The Hall–Kier alpha value is -2.25. The van der Waals surface area contributed by atoms with Crippen LogP contribution in [0.1, 0.15) is 34.6 Å². The molecule has 0 radical (unpaired) electrons. The topological polar surface area (TPSA) is 102 Å². The van der Waals surface area contributed by atoms with Crippen LogP contribution in [0.2, 0.25) is 0 Å². The molecular formula is C15H17N3O3S. The molecule has 1 atom stereocenters. The van der Waals surface area contributed by atoms with E-state index in [9.17, 15) is 13.2 Å². The number of pyridine rings is 1. The van der Waals surface area contributed by atoms with Crippen molar-refractivity contribution in [3.8, 4) is 0 Å². The van der Waals surface area contributed by atoms with E-state index in [4.69, 9.17) is 5.73 Å². The number of aromatic nitrogens is 1. The molecule has 0 saturated heterocycles.